The summed E-state index contributed by atoms with van der Waals surface area (Å²) < 4.78 is 11.6. The van der Waals surface area contributed by atoms with Crippen molar-refractivity contribution in [3.05, 3.63) is 48.7 Å². The number of hydrogen-bond donors (Lipinski definition) is 2. The van der Waals surface area contributed by atoms with Gasteiger partial charge in [0.1, 0.15) is 18.0 Å². The Morgan fingerprint density at radius 1 is 1.15 bits per heavy atom. The van der Waals surface area contributed by atoms with Gasteiger partial charge < -0.3 is 19.8 Å². The summed E-state index contributed by atoms with van der Waals surface area (Å²) in [6, 6.07) is 14.4. The quantitative estimate of drug-likeness (QED) is 0.449. The second kappa shape index (κ2) is 8.65. The van der Waals surface area contributed by atoms with Gasteiger partial charge in [0, 0.05) is 18.3 Å². The van der Waals surface area contributed by atoms with Crippen LogP contribution in [0, 0.1) is 0 Å². The van der Waals surface area contributed by atoms with Crippen LogP contribution in [0.5, 0.6) is 5.75 Å². The second-order valence-corrected chi connectivity index (χ2v) is 6.22. The summed E-state index contributed by atoms with van der Waals surface area (Å²) in [6.07, 6.45) is 1.96. The van der Waals surface area contributed by atoms with Gasteiger partial charge in [0.05, 0.1) is 12.7 Å². The third kappa shape index (κ3) is 4.31. The predicted molar refractivity (Wildman–Crippen MR) is 108 cm³/mol. The van der Waals surface area contributed by atoms with Crippen LogP contribution in [-0.4, -0.2) is 44.6 Å². The van der Waals surface area contributed by atoms with E-state index in [0.717, 1.165) is 34.6 Å². The van der Waals surface area contributed by atoms with Crippen LogP contribution in [0.2, 0.25) is 0 Å². The molecule has 0 amide bonds. The Bertz CT molecular complexity index is 873. The highest BCUT2D eigenvalue weighted by molar-refractivity contribution is 5.85. The minimum Gasteiger partial charge on any atom is -0.489 e. The van der Waals surface area contributed by atoms with Crippen LogP contribution in [0.15, 0.2) is 53.7 Å². The van der Waals surface area contributed by atoms with E-state index < -0.39 is 0 Å². The molecule has 3 aromatic rings. The van der Waals surface area contributed by atoms with Crippen molar-refractivity contribution in [2.45, 2.75) is 13.0 Å². The number of fused-ring (bicyclic) bond motifs is 1. The molecule has 1 atom stereocenters. The van der Waals surface area contributed by atoms with E-state index in [-0.39, 0.29) is 6.10 Å². The molecule has 0 aliphatic heterocycles. The predicted octanol–water partition coefficient (Wildman–Crippen LogP) is 4.17. The Kier molecular flexibility index (Phi) is 6.04. The molecular formula is C21H25N3O2. The highest BCUT2D eigenvalue weighted by Crippen LogP contribution is 2.33. The Balaban J connectivity index is 1.72. The summed E-state index contributed by atoms with van der Waals surface area (Å²) in [5.74, 6) is 0.718. The molecule has 0 radical (unpaired) electrons. The summed E-state index contributed by atoms with van der Waals surface area (Å²) in [4.78, 5) is 7.34. The van der Waals surface area contributed by atoms with Gasteiger partial charge in [-0.05, 0) is 67.5 Å². The van der Waals surface area contributed by atoms with Gasteiger partial charge in [-0.2, -0.15) is 0 Å². The van der Waals surface area contributed by atoms with Crippen LogP contribution in [0.3, 0.4) is 0 Å². The number of nitrogens with zero attached hydrogens (tertiary/aromatic N) is 1. The van der Waals surface area contributed by atoms with Gasteiger partial charge in [-0.25, -0.2) is 0 Å². The SMILES string of the molecule is C=Nc1cc(-c2ccc3[nH]ccc3c2)ccc1OCC(C)OCCNC. The van der Waals surface area contributed by atoms with Crippen molar-refractivity contribution in [3.8, 4) is 16.9 Å². The maximum atomic E-state index is 5.89. The van der Waals surface area contributed by atoms with Gasteiger partial charge >= 0.3 is 0 Å². The van der Waals surface area contributed by atoms with Crippen LogP contribution in [0.4, 0.5) is 5.69 Å². The minimum absolute atomic E-state index is 0.0108. The van der Waals surface area contributed by atoms with Crippen molar-refractivity contribution in [1.82, 2.24) is 10.3 Å². The number of aromatic nitrogens is 1. The molecule has 136 valence electrons. The first-order chi connectivity index (χ1) is 12.7. The molecule has 0 saturated carbocycles. The fourth-order valence-corrected chi connectivity index (χ4v) is 2.79. The number of nitrogens with one attached hydrogen (secondary N) is 2. The summed E-state index contributed by atoms with van der Waals surface area (Å²) in [5.41, 5.74) is 4.08. The summed E-state index contributed by atoms with van der Waals surface area (Å²) in [7, 11) is 1.90. The monoisotopic (exact) mass is 351 g/mol. The molecule has 1 heterocycles. The molecule has 1 unspecified atom stereocenters. The number of benzene rings is 2. The normalized spacial score (nSPS) is 12.2. The summed E-state index contributed by atoms with van der Waals surface area (Å²) in [6.45, 7) is 7.64. The van der Waals surface area contributed by atoms with E-state index in [1.54, 1.807) is 0 Å². The Morgan fingerprint density at radius 3 is 2.77 bits per heavy atom. The molecular weight excluding hydrogens is 326 g/mol. The van der Waals surface area contributed by atoms with Gasteiger partial charge in [-0.1, -0.05) is 12.1 Å². The van der Waals surface area contributed by atoms with Crippen LogP contribution in [0.25, 0.3) is 22.0 Å². The third-order valence-corrected chi connectivity index (χ3v) is 4.24. The number of H-pyrrole nitrogens is 1. The highest BCUT2D eigenvalue weighted by atomic mass is 16.5. The van der Waals surface area contributed by atoms with Gasteiger partial charge in [0.25, 0.3) is 0 Å². The zero-order valence-electron chi connectivity index (χ0n) is 15.3. The van der Waals surface area contributed by atoms with Crippen molar-refractivity contribution in [2.75, 3.05) is 26.8 Å². The van der Waals surface area contributed by atoms with E-state index in [2.05, 4.69) is 46.3 Å². The van der Waals surface area contributed by atoms with Gasteiger partial charge in [0.2, 0.25) is 0 Å². The van der Waals surface area contributed by atoms with E-state index in [4.69, 9.17) is 9.47 Å². The van der Waals surface area contributed by atoms with E-state index >= 15 is 0 Å². The number of likely N-dealkylation sites (N-methyl/N-ethyl adjacent to an activating group) is 1. The first-order valence-electron chi connectivity index (χ1n) is 8.78. The van der Waals surface area contributed by atoms with E-state index in [1.807, 2.05) is 38.4 Å². The van der Waals surface area contributed by atoms with E-state index in [0.29, 0.717) is 13.2 Å². The first kappa shape index (κ1) is 18.2. The topological polar surface area (TPSA) is 58.6 Å². The highest BCUT2D eigenvalue weighted by Gasteiger charge is 2.09. The molecule has 2 aromatic carbocycles. The Labute approximate surface area is 154 Å². The number of hydrogen-bond acceptors (Lipinski definition) is 4. The average Bonchev–Trinajstić information content (AvgIpc) is 3.14. The van der Waals surface area contributed by atoms with Gasteiger partial charge in [-0.15, -0.1) is 0 Å². The molecule has 0 aliphatic rings. The Morgan fingerprint density at radius 2 is 1.96 bits per heavy atom. The number of aliphatic imine (C=N–C) groups is 1. The van der Waals surface area contributed by atoms with Crippen LogP contribution >= 0.6 is 0 Å². The fourth-order valence-electron chi connectivity index (χ4n) is 2.79. The molecule has 1 aromatic heterocycles. The lowest BCUT2D eigenvalue weighted by atomic mass is 10.0. The molecule has 3 rings (SSSR count). The summed E-state index contributed by atoms with van der Waals surface area (Å²) >= 11 is 0. The molecule has 5 nitrogen and oxygen atoms in total. The average molecular weight is 351 g/mol. The van der Waals surface area contributed by atoms with Crippen LogP contribution in [0.1, 0.15) is 6.92 Å². The number of rotatable bonds is 9. The number of aromatic amines is 1. The zero-order chi connectivity index (χ0) is 18.4. The maximum Gasteiger partial charge on any atom is 0.145 e. The number of ether oxygens (including phenoxy) is 2. The van der Waals surface area contributed by atoms with Crippen molar-refractivity contribution in [2.24, 2.45) is 4.99 Å². The molecule has 0 saturated heterocycles. The lowest BCUT2D eigenvalue weighted by molar-refractivity contribution is 0.0348. The molecule has 2 N–H and O–H groups in total. The standard InChI is InChI=1S/C21H25N3O2/c1-15(25-11-10-22-2)14-26-21-7-5-17(13-20(21)23-3)16-4-6-19-18(12-16)8-9-24-19/h4-9,12-13,15,22,24H,3,10-11,14H2,1-2H3. The molecule has 5 heteroatoms. The molecule has 26 heavy (non-hydrogen) atoms. The first-order valence-corrected chi connectivity index (χ1v) is 8.78. The molecule has 0 spiro atoms. The van der Waals surface area contributed by atoms with Gasteiger partial charge in [-0.3, -0.25) is 4.99 Å². The van der Waals surface area contributed by atoms with Crippen LogP contribution < -0.4 is 10.1 Å². The maximum absolute atomic E-state index is 5.89. The fraction of sp³-hybridized carbons (Fsp3) is 0.286. The lowest BCUT2D eigenvalue weighted by Crippen LogP contribution is -2.23. The van der Waals surface area contributed by atoms with E-state index in [9.17, 15) is 0 Å². The molecule has 0 aliphatic carbocycles. The minimum atomic E-state index is 0.0108. The van der Waals surface area contributed by atoms with Crippen molar-refractivity contribution in [3.63, 3.8) is 0 Å². The van der Waals surface area contributed by atoms with Crippen LogP contribution in [-0.2, 0) is 4.74 Å². The zero-order valence-corrected chi connectivity index (χ0v) is 15.3. The molecule has 0 fully saturated rings. The lowest BCUT2D eigenvalue weighted by Gasteiger charge is -2.16. The summed E-state index contributed by atoms with van der Waals surface area (Å²) in [5, 5.41) is 4.24. The van der Waals surface area contributed by atoms with Crippen molar-refractivity contribution >= 4 is 23.3 Å². The van der Waals surface area contributed by atoms with E-state index in [1.165, 1.54) is 5.39 Å². The van der Waals surface area contributed by atoms with Crippen molar-refractivity contribution < 1.29 is 9.47 Å². The largest absolute Gasteiger partial charge is 0.489 e. The molecule has 0 bridgehead atoms. The van der Waals surface area contributed by atoms with Crippen molar-refractivity contribution in [1.29, 1.82) is 0 Å². The second-order valence-electron chi connectivity index (χ2n) is 6.22. The third-order valence-electron chi connectivity index (χ3n) is 4.24. The smallest absolute Gasteiger partial charge is 0.145 e. The Hall–Kier alpha value is -2.63. The van der Waals surface area contributed by atoms with Gasteiger partial charge in [0.15, 0.2) is 0 Å².